The third kappa shape index (κ3) is 2.76. The Morgan fingerprint density at radius 3 is 2.42 bits per heavy atom. The van der Waals surface area contributed by atoms with E-state index in [1.54, 1.807) is 12.1 Å². The van der Waals surface area contributed by atoms with Gasteiger partial charge in [0.25, 0.3) is 0 Å². The number of aromatic amines is 1. The molecular weight excluding hydrogens is 322 g/mol. The summed E-state index contributed by atoms with van der Waals surface area (Å²) in [5.74, 6) is 0.246. The molecule has 0 fully saturated rings. The van der Waals surface area contributed by atoms with Gasteiger partial charge in [-0.25, -0.2) is 0 Å². The smallest absolute Gasteiger partial charge is 0.116 e. The van der Waals surface area contributed by atoms with Crippen LogP contribution in [0.4, 0.5) is 0 Å². The number of phenols is 1. The number of H-pyrrole nitrogens is 1. The molecule has 3 N–H and O–H groups in total. The van der Waals surface area contributed by atoms with Gasteiger partial charge in [0.05, 0.1) is 0 Å². The molecule has 1 atom stereocenters. The number of aromatic nitrogens is 1. The number of rotatable bonds is 3. The van der Waals surface area contributed by atoms with Gasteiger partial charge in [-0.2, -0.15) is 0 Å². The van der Waals surface area contributed by atoms with E-state index >= 15 is 0 Å². The first-order valence-corrected chi connectivity index (χ1v) is 8.72. The summed E-state index contributed by atoms with van der Waals surface area (Å²) in [4.78, 5) is 3.41. The van der Waals surface area contributed by atoms with Gasteiger partial charge in [-0.05, 0) is 77.7 Å². The zero-order valence-corrected chi connectivity index (χ0v) is 14.8. The van der Waals surface area contributed by atoms with Gasteiger partial charge in [-0.1, -0.05) is 30.3 Å². The number of phenolic OH excluding ortho intramolecular Hbond substituents is 1. The molecule has 0 aliphatic rings. The van der Waals surface area contributed by atoms with Crippen LogP contribution in [-0.2, 0) is 0 Å². The first-order valence-electron chi connectivity index (χ1n) is 8.72. The van der Waals surface area contributed by atoms with Crippen molar-refractivity contribution in [2.45, 2.75) is 20.0 Å². The van der Waals surface area contributed by atoms with Gasteiger partial charge in [0.1, 0.15) is 11.9 Å². The average Bonchev–Trinajstić information content (AvgIpc) is 2.96. The zero-order valence-electron chi connectivity index (χ0n) is 14.8. The third-order valence-electron chi connectivity index (χ3n) is 4.93. The SMILES string of the molecule is C/C=C\c1[nH]c2ccc(C(O)c3ccc4cc(O)ccc4c3)cc2c1C. The Bertz CT molecular complexity index is 1140. The lowest BCUT2D eigenvalue weighted by molar-refractivity contribution is 0.220. The number of aliphatic hydroxyl groups excluding tert-OH is 1. The summed E-state index contributed by atoms with van der Waals surface area (Å²) in [5.41, 5.74) is 5.05. The molecule has 0 amide bonds. The lowest BCUT2D eigenvalue weighted by Gasteiger charge is -2.13. The normalized spacial score (nSPS) is 13.0. The maximum absolute atomic E-state index is 10.9. The van der Waals surface area contributed by atoms with E-state index in [0.29, 0.717) is 0 Å². The van der Waals surface area contributed by atoms with Gasteiger partial charge in [-0.15, -0.1) is 0 Å². The molecule has 1 heterocycles. The second-order valence-electron chi connectivity index (χ2n) is 6.66. The summed E-state index contributed by atoms with van der Waals surface area (Å²) in [6, 6.07) is 17.1. The molecule has 3 nitrogen and oxygen atoms in total. The molecule has 3 aromatic carbocycles. The van der Waals surface area contributed by atoms with E-state index in [-0.39, 0.29) is 5.75 Å². The third-order valence-corrected chi connectivity index (χ3v) is 4.93. The second-order valence-corrected chi connectivity index (χ2v) is 6.66. The van der Waals surface area contributed by atoms with E-state index in [4.69, 9.17) is 0 Å². The second kappa shape index (κ2) is 6.36. The number of hydrogen-bond donors (Lipinski definition) is 3. The molecule has 0 saturated heterocycles. The Morgan fingerprint density at radius 2 is 1.62 bits per heavy atom. The summed E-state index contributed by atoms with van der Waals surface area (Å²) in [6.45, 7) is 4.09. The van der Waals surface area contributed by atoms with Crippen LogP contribution in [0.25, 0.3) is 27.8 Å². The highest BCUT2D eigenvalue weighted by molar-refractivity contribution is 5.88. The first-order chi connectivity index (χ1) is 12.6. The van der Waals surface area contributed by atoms with Crippen molar-refractivity contribution in [3.63, 3.8) is 0 Å². The molecule has 1 aromatic heterocycles. The Labute approximate surface area is 152 Å². The van der Waals surface area contributed by atoms with Crippen LogP contribution < -0.4 is 0 Å². The monoisotopic (exact) mass is 343 g/mol. The first kappa shape index (κ1) is 16.4. The minimum Gasteiger partial charge on any atom is -0.508 e. The van der Waals surface area contributed by atoms with Gasteiger partial charge in [-0.3, -0.25) is 0 Å². The molecule has 4 rings (SSSR count). The van der Waals surface area contributed by atoms with Crippen molar-refractivity contribution >= 4 is 27.8 Å². The zero-order chi connectivity index (χ0) is 18.3. The Morgan fingerprint density at radius 1 is 0.923 bits per heavy atom. The van der Waals surface area contributed by atoms with Crippen LogP contribution in [0.2, 0.25) is 0 Å². The summed E-state index contributed by atoms with van der Waals surface area (Å²) >= 11 is 0. The van der Waals surface area contributed by atoms with Crippen molar-refractivity contribution in [2.75, 3.05) is 0 Å². The van der Waals surface area contributed by atoms with Crippen molar-refractivity contribution < 1.29 is 10.2 Å². The molecule has 4 aromatic rings. The Balaban J connectivity index is 1.76. The summed E-state index contributed by atoms with van der Waals surface area (Å²) in [7, 11) is 0. The molecule has 0 radical (unpaired) electrons. The van der Waals surface area contributed by atoms with E-state index in [9.17, 15) is 10.2 Å². The van der Waals surface area contributed by atoms with Crippen LogP contribution >= 0.6 is 0 Å². The van der Waals surface area contributed by atoms with Crippen LogP contribution in [0.1, 0.15) is 35.4 Å². The van der Waals surface area contributed by atoms with Crippen LogP contribution in [0.5, 0.6) is 5.75 Å². The fraction of sp³-hybridized carbons (Fsp3) is 0.130. The summed E-state index contributed by atoms with van der Waals surface area (Å²) in [6.07, 6.45) is 3.38. The fourth-order valence-electron chi connectivity index (χ4n) is 3.48. The van der Waals surface area contributed by atoms with E-state index < -0.39 is 6.10 Å². The number of benzene rings is 3. The number of hydrogen-bond acceptors (Lipinski definition) is 2. The van der Waals surface area contributed by atoms with Crippen LogP contribution in [0.15, 0.2) is 60.7 Å². The van der Waals surface area contributed by atoms with Crippen molar-refractivity contribution in [3.05, 3.63) is 83.1 Å². The van der Waals surface area contributed by atoms with Crippen molar-refractivity contribution in [1.29, 1.82) is 0 Å². The van der Waals surface area contributed by atoms with Crippen molar-refractivity contribution in [1.82, 2.24) is 4.98 Å². The minimum atomic E-state index is -0.697. The summed E-state index contributed by atoms with van der Waals surface area (Å²) in [5, 5.41) is 23.6. The number of aliphatic hydroxyl groups is 1. The van der Waals surface area contributed by atoms with E-state index in [1.807, 2.05) is 49.4 Å². The lowest BCUT2D eigenvalue weighted by atomic mass is 9.97. The van der Waals surface area contributed by atoms with E-state index in [0.717, 1.165) is 38.5 Å². The molecule has 0 saturated carbocycles. The molecule has 0 bridgehead atoms. The molecule has 1 unspecified atom stereocenters. The molecular formula is C23H21NO2. The van der Waals surface area contributed by atoms with Crippen molar-refractivity contribution in [3.8, 4) is 5.75 Å². The topological polar surface area (TPSA) is 56.2 Å². The lowest BCUT2D eigenvalue weighted by Crippen LogP contribution is -1.99. The molecule has 0 spiro atoms. The number of fused-ring (bicyclic) bond motifs is 2. The quantitative estimate of drug-likeness (QED) is 0.463. The van der Waals surface area contributed by atoms with Crippen molar-refractivity contribution in [2.24, 2.45) is 0 Å². The Kier molecular flexibility index (Phi) is 4.02. The number of allylic oxidation sites excluding steroid dienone is 1. The maximum atomic E-state index is 10.9. The number of aryl methyl sites for hydroxylation is 1. The van der Waals surface area contributed by atoms with Crippen LogP contribution in [0.3, 0.4) is 0 Å². The minimum absolute atomic E-state index is 0.246. The predicted octanol–water partition coefficient (Wildman–Crippen LogP) is 5.45. The van der Waals surface area contributed by atoms with Crippen LogP contribution in [-0.4, -0.2) is 15.2 Å². The fourth-order valence-corrected chi connectivity index (χ4v) is 3.48. The number of aromatic hydroxyl groups is 1. The molecule has 130 valence electrons. The molecule has 3 heteroatoms. The van der Waals surface area contributed by atoms with Crippen LogP contribution in [0, 0.1) is 6.92 Å². The molecule has 0 aliphatic carbocycles. The highest BCUT2D eigenvalue weighted by atomic mass is 16.3. The number of nitrogens with one attached hydrogen (secondary N) is 1. The Hall–Kier alpha value is -3.04. The van der Waals surface area contributed by atoms with Gasteiger partial charge in [0, 0.05) is 16.6 Å². The van der Waals surface area contributed by atoms with E-state index in [1.165, 1.54) is 5.56 Å². The average molecular weight is 343 g/mol. The molecule has 26 heavy (non-hydrogen) atoms. The summed E-state index contributed by atoms with van der Waals surface area (Å²) < 4.78 is 0. The van der Waals surface area contributed by atoms with Gasteiger partial charge in [0.2, 0.25) is 0 Å². The largest absolute Gasteiger partial charge is 0.508 e. The highest BCUT2D eigenvalue weighted by Crippen LogP contribution is 2.30. The van der Waals surface area contributed by atoms with Gasteiger partial charge < -0.3 is 15.2 Å². The van der Waals surface area contributed by atoms with E-state index in [2.05, 4.69) is 24.1 Å². The molecule has 0 aliphatic heterocycles. The van der Waals surface area contributed by atoms with Gasteiger partial charge in [0.15, 0.2) is 0 Å². The maximum Gasteiger partial charge on any atom is 0.116 e. The van der Waals surface area contributed by atoms with Gasteiger partial charge >= 0.3 is 0 Å². The highest BCUT2D eigenvalue weighted by Gasteiger charge is 2.14. The standard InChI is InChI=1S/C23H21NO2/c1-3-4-21-14(2)20-13-18(8-10-22(20)24-21)23(26)17-6-5-16-12-19(25)9-7-15(16)11-17/h3-13,23-26H,1-2H3/b4-3-. The predicted molar refractivity (Wildman–Crippen MR) is 107 cm³/mol.